The number of nitrogens with zero attached hydrogens (tertiary/aromatic N) is 3. The molecule has 2 aromatic carbocycles. The standard InChI is InChI=1S/C22H20ClN3O3/c1-4-10-27-20-18-21(29-19(24-18)15-7-5-6-13(2)11-15)26-22(25-20)28-17-12-14(3)8-9-16(17)23/h5-9,11-12H,4,10H2,1-3H3. The predicted octanol–water partition coefficient (Wildman–Crippen LogP) is 6.14. The molecule has 0 N–H and O–H groups in total. The molecule has 4 aromatic rings. The highest BCUT2D eigenvalue weighted by molar-refractivity contribution is 6.32. The van der Waals surface area contributed by atoms with Gasteiger partial charge in [0.2, 0.25) is 5.89 Å². The molecule has 0 radical (unpaired) electrons. The highest BCUT2D eigenvalue weighted by Gasteiger charge is 2.19. The first-order chi connectivity index (χ1) is 14.0. The number of fused-ring (bicyclic) bond motifs is 1. The predicted molar refractivity (Wildman–Crippen MR) is 112 cm³/mol. The molecular weight excluding hydrogens is 390 g/mol. The lowest BCUT2D eigenvalue weighted by Gasteiger charge is -2.08. The van der Waals surface area contributed by atoms with Gasteiger partial charge in [0.15, 0.2) is 5.52 Å². The summed E-state index contributed by atoms with van der Waals surface area (Å²) in [6.45, 7) is 6.47. The lowest BCUT2D eigenvalue weighted by atomic mass is 10.1. The minimum atomic E-state index is 0.0862. The molecule has 29 heavy (non-hydrogen) atoms. The van der Waals surface area contributed by atoms with Crippen LogP contribution < -0.4 is 9.47 Å². The van der Waals surface area contributed by atoms with Gasteiger partial charge in [-0.2, -0.15) is 9.97 Å². The molecule has 0 aliphatic heterocycles. The topological polar surface area (TPSA) is 70.3 Å². The van der Waals surface area contributed by atoms with Crippen LogP contribution in [0.4, 0.5) is 0 Å². The molecule has 0 atom stereocenters. The van der Waals surface area contributed by atoms with Crippen LogP contribution in [-0.2, 0) is 0 Å². The average molecular weight is 410 g/mol. The van der Waals surface area contributed by atoms with E-state index in [1.54, 1.807) is 6.07 Å². The molecule has 4 rings (SSSR count). The molecule has 0 spiro atoms. The summed E-state index contributed by atoms with van der Waals surface area (Å²) in [5.74, 6) is 1.23. The molecule has 2 aromatic heterocycles. The van der Waals surface area contributed by atoms with Gasteiger partial charge in [-0.3, -0.25) is 0 Å². The van der Waals surface area contributed by atoms with Gasteiger partial charge in [0.25, 0.3) is 11.6 Å². The maximum atomic E-state index is 6.24. The maximum Gasteiger partial charge on any atom is 0.328 e. The quantitative estimate of drug-likeness (QED) is 0.381. The minimum absolute atomic E-state index is 0.0862. The van der Waals surface area contributed by atoms with Crippen molar-refractivity contribution < 1.29 is 13.9 Å². The third-order valence-electron chi connectivity index (χ3n) is 4.20. The van der Waals surface area contributed by atoms with E-state index in [0.29, 0.717) is 40.4 Å². The number of ether oxygens (including phenoxy) is 2. The van der Waals surface area contributed by atoms with Crippen LogP contribution in [0.3, 0.4) is 0 Å². The van der Waals surface area contributed by atoms with Crippen molar-refractivity contribution in [1.29, 1.82) is 0 Å². The molecule has 0 aliphatic carbocycles. The number of aromatic nitrogens is 3. The van der Waals surface area contributed by atoms with Crippen molar-refractivity contribution in [2.24, 2.45) is 0 Å². The van der Waals surface area contributed by atoms with Gasteiger partial charge in [-0.05, 0) is 50.1 Å². The second kappa shape index (κ2) is 8.09. The normalized spacial score (nSPS) is 11.0. The zero-order valence-corrected chi connectivity index (χ0v) is 17.2. The molecule has 0 unspecified atom stereocenters. The molecule has 0 fully saturated rings. The zero-order chi connectivity index (χ0) is 20.4. The Morgan fingerprint density at radius 3 is 2.62 bits per heavy atom. The fourth-order valence-corrected chi connectivity index (χ4v) is 2.97. The Bertz CT molecular complexity index is 1170. The van der Waals surface area contributed by atoms with E-state index in [-0.39, 0.29) is 6.01 Å². The van der Waals surface area contributed by atoms with Gasteiger partial charge in [0.05, 0.1) is 11.6 Å². The van der Waals surface area contributed by atoms with E-state index < -0.39 is 0 Å². The van der Waals surface area contributed by atoms with Crippen molar-refractivity contribution in [2.75, 3.05) is 6.61 Å². The number of aryl methyl sites for hydroxylation is 2. The largest absolute Gasteiger partial charge is 0.476 e. The lowest BCUT2D eigenvalue weighted by Crippen LogP contribution is -2.01. The number of halogens is 1. The number of hydrogen-bond acceptors (Lipinski definition) is 6. The second-order valence-electron chi connectivity index (χ2n) is 6.74. The Labute approximate surface area is 173 Å². The third kappa shape index (κ3) is 4.17. The van der Waals surface area contributed by atoms with Crippen molar-refractivity contribution in [3.63, 3.8) is 0 Å². The first-order valence-electron chi connectivity index (χ1n) is 9.36. The first kappa shape index (κ1) is 19.2. The maximum absolute atomic E-state index is 6.24. The smallest absolute Gasteiger partial charge is 0.328 e. The molecule has 2 heterocycles. The average Bonchev–Trinajstić information content (AvgIpc) is 3.13. The van der Waals surface area contributed by atoms with Gasteiger partial charge in [0.1, 0.15) is 5.75 Å². The minimum Gasteiger partial charge on any atom is -0.476 e. The van der Waals surface area contributed by atoms with Crippen LogP contribution in [0.25, 0.3) is 22.7 Å². The highest BCUT2D eigenvalue weighted by atomic mass is 35.5. The second-order valence-corrected chi connectivity index (χ2v) is 7.15. The monoisotopic (exact) mass is 409 g/mol. The summed E-state index contributed by atoms with van der Waals surface area (Å²) in [6, 6.07) is 13.5. The van der Waals surface area contributed by atoms with Crippen molar-refractivity contribution in [3.05, 3.63) is 58.6 Å². The van der Waals surface area contributed by atoms with Crippen molar-refractivity contribution in [2.45, 2.75) is 27.2 Å². The summed E-state index contributed by atoms with van der Waals surface area (Å²) in [6.07, 6.45) is 0.827. The van der Waals surface area contributed by atoms with E-state index in [2.05, 4.69) is 15.0 Å². The molecule has 7 heteroatoms. The molecule has 0 bridgehead atoms. The molecular formula is C22H20ClN3O3. The van der Waals surface area contributed by atoms with Gasteiger partial charge in [-0.25, -0.2) is 4.98 Å². The first-order valence-corrected chi connectivity index (χ1v) is 9.73. The Balaban J connectivity index is 1.78. The molecule has 148 valence electrons. The van der Waals surface area contributed by atoms with Crippen molar-refractivity contribution >= 4 is 22.8 Å². The molecule has 0 aliphatic rings. The van der Waals surface area contributed by atoms with Gasteiger partial charge >= 0.3 is 6.01 Å². The van der Waals surface area contributed by atoms with E-state index in [9.17, 15) is 0 Å². The van der Waals surface area contributed by atoms with Crippen LogP contribution in [0, 0.1) is 13.8 Å². The van der Waals surface area contributed by atoms with E-state index in [4.69, 9.17) is 25.5 Å². The molecule has 0 amide bonds. The van der Waals surface area contributed by atoms with Gasteiger partial charge in [-0.1, -0.05) is 42.3 Å². The highest BCUT2D eigenvalue weighted by Crippen LogP contribution is 2.33. The Morgan fingerprint density at radius 2 is 1.83 bits per heavy atom. The van der Waals surface area contributed by atoms with Crippen LogP contribution >= 0.6 is 11.6 Å². The molecule has 0 saturated carbocycles. The van der Waals surface area contributed by atoms with E-state index in [0.717, 1.165) is 23.1 Å². The Hall–Kier alpha value is -3.12. The van der Waals surface area contributed by atoms with Crippen LogP contribution in [-0.4, -0.2) is 21.6 Å². The summed E-state index contributed by atoms with van der Waals surface area (Å²) < 4.78 is 17.5. The van der Waals surface area contributed by atoms with Crippen LogP contribution in [0.1, 0.15) is 24.5 Å². The molecule has 0 saturated heterocycles. The number of benzene rings is 2. The fraction of sp³-hybridized carbons (Fsp3) is 0.227. The summed E-state index contributed by atoms with van der Waals surface area (Å²) in [7, 11) is 0. The van der Waals surface area contributed by atoms with Gasteiger partial charge in [0, 0.05) is 5.56 Å². The van der Waals surface area contributed by atoms with E-state index in [1.165, 1.54) is 0 Å². The van der Waals surface area contributed by atoms with Crippen molar-refractivity contribution in [1.82, 2.24) is 15.0 Å². The number of oxazole rings is 1. The fourth-order valence-electron chi connectivity index (χ4n) is 2.81. The lowest BCUT2D eigenvalue weighted by molar-refractivity contribution is 0.302. The van der Waals surface area contributed by atoms with Crippen LogP contribution in [0.15, 0.2) is 46.9 Å². The van der Waals surface area contributed by atoms with Crippen LogP contribution in [0.2, 0.25) is 5.02 Å². The summed E-state index contributed by atoms with van der Waals surface area (Å²) >= 11 is 6.24. The number of hydrogen-bond donors (Lipinski definition) is 0. The zero-order valence-electron chi connectivity index (χ0n) is 16.4. The summed E-state index contributed by atoms with van der Waals surface area (Å²) in [4.78, 5) is 13.3. The number of rotatable bonds is 6. The van der Waals surface area contributed by atoms with Gasteiger partial charge < -0.3 is 13.9 Å². The third-order valence-corrected chi connectivity index (χ3v) is 4.51. The SMILES string of the molecule is CCCOc1nc(Oc2cc(C)ccc2Cl)nc2oc(-c3cccc(C)c3)nc12. The Kier molecular flexibility index (Phi) is 5.36. The summed E-state index contributed by atoms with van der Waals surface area (Å²) in [5.41, 5.74) is 3.72. The van der Waals surface area contributed by atoms with E-state index in [1.807, 2.05) is 57.2 Å². The van der Waals surface area contributed by atoms with Gasteiger partial charge in [-0.15, -0.1) is 0 Å². The molecule has 6 nitrogen and oxygen atoms in total. The van der Waals surface area contributed by atoms with Crippen molar-refractivity contribution in [3.8, 4) is 29.1 Å². The van der Waals surface area contributed by atoms with Crippen LogP contribution in [0.5, 0.6) is 17.6 Å². The Morgan fingerprint density at radius 1 is 1.00 bits per heavy atom. The van der Waals surface area contributed by atoms with E-state index >= 15 is 0 Å². The summed E-state index contributed by atoms with van der Waals surface area (Å²) in [5, 5.41) is 0.466.